The van der Waals surface area contributed by atoms with Crippen molar-refractivity contribution in [2.75, 3.05) is 5.75 Å². The Morgan fingerprint density at radius 3 is 2.08 bits per heavy atom. The first-order valence-corrected chi connectivity index (χ1v) is 10.2. The summed E-state index contributed by atoms with van der Waals surface area (Å²) in [6, 6.07) is 6.48. The van der Waals surface area contributed by atoms with Crippen LogP contribution in [0.5, 0.6) is 5.75 Å². The highest BCUT2D eigenvalue weighted by Gasteiger charge is 2.27. The summed E-state index contributed by atoms with van der Waals surface area (Å²) in [6.07, 6.45) is 2.00. The second-order valence-electron chi connectivity index (χ2n) is 9.58. The summed E-state index contributed by atoms with van der Waals surface area (Å²) in [5.41, 5.74) is 2.33. The van der Waals surface area contributed by atoms with Gasteiger partial charge >= 0.3 is 0 Å². The normalized spacial score (nSPS) is 14.5. The summed E-state index contributed by atoms with van der Waals surface area (Å²) >= 11 is 0. The Morgan fingerprint density at radius 2 is 1.58 bits per heavy atom. The highest BCUT2D eigenvalue weighted by molar-refractivity contribution is 7.86. The maximum Gasteiger partial charge on any atom is 0.123 e. The average molecular weight is 353 g/mol. The van der Waals surface area contributed by atoms with E-state index < -0.39 is 10.8 Å². The Balaban J connectivity index is 2.76. The van der Waals surface area contributed by atoms with Gasteiger partial charge in [0, 0.05) is 21.3 Å². The number of hydrogen-bond acceptors (Lipinski definition) is 2. The van der Waals surface area contributed by atoms with Gasteiger partial charge in [0.25, 0.3) is 0 Å². The van der Waals surface area contributed by atoms with E-state index in [4.69, 9.17) is 4.74 Å². The number of benzene rings is 1. The molecule has 0 aliphatic heterocycles. The van der Waals surface area contributed by atoms with E-state index in [1.165, 1.54) is 11.1 Å². The van der Waals surface area contributed by atoms with Crippen LogP contribution >= 0.6 is 0 Å². The molecule has 0 heterocycles. The van der Waals surface area contributed by atoms with Gasteiger partial charge in [-0.25, -0.2) is 0 Å². The van der Waals surface area contributed by atoms with Gasteiger partial charge in [-0.15, -0.1) is 0 Å². The van der Waals surface area contributed by atoms with E-state index in [1.54, 1.807) is 0 Å². The zero-order valence-corrected chi connectivity index (χ0v) is 17.9. The second-order valence-corrected chi connectivity index (χ2v) is 11.8. The Kier molecular flexibility index (Phi) is 6.71. The molecule has 0 aliphatic carbocycles. The van der Waals surface area contributed by atoms with E-state index in [0.717, 1.165) is 24.3 Å². The molecule has 0 aromatic heterocycles. The third kappa shape index (κ3) is 7.38. The fourth-order valence-corrected chi connectivity index (χ4v) is 3.65. The van der Waals surface area contributed by atoms with Crippen LogP contribution in [0.2, 0.25) is 0 Å². The SMILES string of the molecule is Cc1ccc(CCC(C)(C)C[S@](=O)C(C)(C)C)cc1OC(C)(C)C. The molecule has 0 bridgehead atoms. The molecule has 2 nitrogen and oxygen atoms in total. The molecule has 0 radical (unpaired) electrons. The van der Waals surface area contributed by atoms with Gasteiger partial charge in [-0.1, -0.05) is 26.0 Å². The lowest BCUT2D eigenvalue weighted by atomic mass is 9.88. The summed E-state index contributed by atoms with van der Waals surface area (Å²) in [4.78, 5) is 0. The van der Waals surface area contributed by atoms with Gasteiger partial charge in [0.15, 0.2) is 0 Å². The molecule has 0 spiro atoms. The number of aryl methyl sites for hydroxylation is 2. The van der Waals surface area contributed by atoms with Gasteiger partial charge in [-0.2, -0.15) is 0 Å². The Morgan fingerprint density at radius 1 is 1.00 bits per heavy atom. The molecule has 0 amide bonds. The number of ether oxygens (including phenoxy) is 1. The van der Waals surface area contributed by atoms with Crippen molar-refractivity contribution in [3.63, 3.8) is 0 Å². The fourth-order valence-electron chi connectivity index (χ4n) is 2.37. The zero-order chi connectivity index (χ0) is 18.8. The third-order valence-electron chi connectivity index (χ3n) is 3.96. The predicted octanol–water partition coefficient (Wildman–Crippen LogP) is 5.68. The monoisotopic (exact) mass is 352 g/mol. The molecule has 24 heavy (non-hydrogen) atoms. The van der Waals surface area contributed by atoms with Gasteiger partial charge in [0.2, 0.25) is 0 Å². The largest absolute Gasteiger partial charge is 0.488 e. The minimum Gasteiger partial charge on any atom is -0.488 e. The van der Waals surface area contributed by atoms with E-state index in [1.807, 2.05) is 0 Å². The van der Waals surface area contributed by atoms with Gasteiger partial charge in [0.05, 0.1) is 0 Å². The van der Waals surface area contributed by atoms with Crippen molar-refractivity contribution in [2.45, 2.75) is 85.5 Å². The van der Waals surface area contributed by atoms with Crippen LogP contribution in [-0.4, -0.2) is 20.3 Å². The van der Waals surface area contributed by atoms with Crippen LogP contribution in [0, 0.1) is 12.3 Å². The van der Waals surface area contributed by atoms with Crippen molar-refractivity contribution >= 4 is 10.8 Å². The van der Waals surface area contributed by atoms with E-state index >= 15 is 0 Å². The number of rotatable bonds is 6. The Hall–Kier alpha value is -0.830. The minimum atomic E-state index is -0.811. The predicted molar refractivity (Wildman–Crippen MR) is 106 cm³/mol. The molecule has 0 aliphatic rings. The molecule has 0 saturated heterocycles. The van der Waals surface area contributed by atoms with Gasteiger partial charge in [0.1, 0.15) is 11.4 Å². The van der Waals surface area contributed by atoms with Gasteiger partial charge in [-0.3, -0.25) is 4.21 Å². The summed E-state index contributed by atoms with van der Waals surface area (Å²) < 4.78 is 18.4. The van der Waals surface area contributed by atoms with Crippen molar-refractivity contribution in [3.05, 3.63) is 29.3 Å². The average Bonchev–Trinajstić information content (AvgIpc) is 2.36. The van der Waals surface area contributed by atoms with E-state index in [-0.39, 0.29) is 15.8 Å². The standard InChI is InChI=1S/C21H36O2S/c1-16-10-11-17(14-18(16)23-19(2,3)4)12-13-21(8,9)15-24(22)20(5,6)7/h10-11,14H,12-13,15H2,1-9H3/t24-/m0/s1. The molecule has 1 rings (SSSR count). The molecule has 138 valence electrons. The van der Waals surface area contributed by atoms with E-state index in [2.05, 4.69) is 80.5 Å². The first-order valence-electron chi connectivity index (χ1n) is 8.87. The van der Waals surface area contributed by atoms with Crippen LogP contribution < -0.4 is 4.74 Å². The molecule has 1 aromatic carbocycles. The lowest BCUT2D eigenvalue weighted by Crippen LogP contribution is -2.31. The number of hydrogen-bond donors (Lipinski definition) is 0. The first kappa shape index (κ1) is 21.2. The Labute approximate surface area is 151 Å². The lowest BCUT2D eigenvalue weighted by molar-refractivity contribution is 0.129. The second kappa shape index (κ2) is 7.59. The van der Waals surface area contributed by atoms with Gasteiger partial charge < -0.3 is 4.74 Å². The fraction of sp³-hybridized carbons (Fsp3) is 0.714. The summed E-state index contributed by atoms with van der Waals surface area (Å²) in [7, 11) is -0.811. The molecule has 3 heteroatoms. The van der Waals surface area contributed by atoms with Crippen molar-refractivity contribution in [2.24, 2.45) is 5.41 Å². The van der Waals surface area contributed by atoms with Crippen molar-refractivity contribution in [1.82, 2.24) is 0 Å². The molecule has 0 saturated carbocycles. The van der Waals surface area contributed by atoms with Crippen LogP contribution in [-0.2, 0) is 17.2 Å². The van der Waals surface area contributed by atoms with Crippen molar-refractivity contribution < 1.29 is 8.95 Å². The van der Waals surface area contributed by atoms with Crippen molar-refractivity contribution in [3.8, 4) is 5.75 Å². The first-order chi connectivity index (χ1) is 10.7. The molecule has 0 N–H and O–H groups in total. The van der Waals surface area contributed by atoms with Crippen molar-refractivity contribution in [1.29, 1.82) is 0 Å². The third-order valence-corrected chi connectivity index (χ3v) is 6.37. The summed E-state index contributed by atoms with van der Waals surface area (Å²) in [6.45, 7) is 18.9. The quantitative estimate of drug-likeness (QED) is 0.658. The smallest absolute Gasteiger partial charge is 0.123 e. The Bertz CT molecular complexity index is 574. The van der Waals surface area contributed by atoms with Crippen LogP contribution in [0.1, 0.15) is 72.9 Å². The maximum atomic E-state index is 12.4. The van der Waals surface area contributed by atoms with Crippen LogP contribution in [0.4, 0.5) is 0 Å². The van der Waals surface area contributed by atoms with E-state index in [0.29, 0.717) is 0 Å². The molecular formula is C21H36O2S. The summed E-state index contributed by atoms with van der Waals surface area (Å²) in [5, 5.41) is 0. The minimum absolute atomic E-state index is 0.0636. The molecule has 0 fully saturated rings. The summed E-state index contributed by atoms with van der Waals surface area (Å²) in [5.74, 6) is 1.71. The van der Waals surface area contributed by atoms with Crippen LogP contribution in [0.15, 0.2) is 18.2 Å². The molecule has 1 aromatic rings. The van der Waals surface area contributed by atoms with Crippen LogP contribution in [0.3, 0.4) is 0 Å². The molecule has 1 atom stereocenters. The van der Waals surface area contributed by atoms with E-state index in [9.17, 15) is 4.21 Å². The zero-order valence-electron chi connectivity index (χ0n) is 17.1. The maximum absolute atomic E-state index is 12.4. The van der Waals surface area contributed by atoms with Gasteiger partial charge in [-0.05, 0) is 83.9 Å². The van der Waals surface area contributed by atoms with Crippen LogP contribution in [0.25, 0.3) is 0 Å². The highest BCUT2D eigenvalue weighted by Crippen LogP contribution is 2.30. The lowest BCUT2D eigenvalue weighted by Gasteiger charge is -2.29. The molecule has 0 unspecified atom stereocenters. The highest BCUT2D eigenvalue weighted by atomic mass is 32.2. The topological polar surface area (TPSA) is 26.3 Å². The molecular weight excluding hydrogens is 316 g/mol.